The maximum Gasteiger partial charge on any atom is 0.410 e. The molecule has 0 radical (unpaired) electrons. The number of halogens is 2. The first kappa shape index (κ1) is 14.4. The molecule has 0 amide bonds. The van der Waals surface area contributed by atoms with Crippen molar-refractivity contribution in [2.24, 2.45) is 5.73 Å². The molecule has 0 atom stereocenters. The van der Waals surface area contributed by atoms with Crippen LogP contribution in [-0.2, 0) is 4.74 Å². The average molecular weight is 259 g/mol. The summed E-state index contributed by atoms with van der Waals surface area (Å²) in [7, 11) is 0. The highest BCUT2D eigenvalue weighted by Gasteiger charge is 2.29. The first-order valence-corrected chi connectivity index (χ1v) is 5.44. The van der Waals surface area contributed by atoms with Crippen molar-refractivity contribution >= 4 is 5.97 Å². The third kappa shape index (κ3) is 3.66. The average Bonchev–Trinajstić information content (AvgIpc) is 2.32. The van der Waals surface area contributed by atoms with Crippen LogP contribution in [0.15, 0.2) is 18.2 Å². The third-order valence-electron chi connectivity index (χ3n) is 2.18. The van der Waals surface area contributed by atoms with E-state index in [0.717, 1.165) is 0 Å². The van der Waals surface area contributed by atoms with Crippen LogP contribution >= 0.6 is 0 Å². The van der Waals surface area contributed by atoms with Gasteiger partial charge in [0.05, 0.1) is 18.7 Å². The van der Waals surface area contributed by atoms with Gasteiger partial charge in [0.25, 0.3) is 0 Å². The van der Waals surface area contributed by atoms with Crippen LogP contribution < -0.4 is 10.5 Å². The summed E-state index contributed by atoms with van der Waals surface area (Å²) in [5, 5.41) is 0. The van der Waals surface area contributed by atoms with Crippen molar-refractivity contribution in [1.29, 1.82) is 0 Å². The summed E-state index contributed by atoms with van der Waals surface area (Å²) in [5.41, 5.74) is 5.57. The zero-order chi connectivity index (χ0) is 13.8. The summed E-state index contributed by atoms with van der Waals surface area (Å²) >= 11 is 0. The predicted molar refractivity (Wildman–Crippen MR) is 61.8 cm³/mol. The van der Waals surface area contributed by atoms with Gasteiger partial charge in [-0.1, -0.05) is 0 Å². The Hall–Kier alpha value is -1.69. The standard InChI is InChI=1S/C12H15F2NO3/c1-3-17-11(16)9-4-5-10(8(2)6-9)18-12(13,14)7-15/h4-6H,3,7,15H2,1-2H3. The molecule has 6 heteroatoms. The normalized spacial score (nSPS) is 11.2. The molecule has 0 saturated carbocycles. The van der Waals surface area contributed by atoms with E-state index in [-0.39, 0.29) is 17.9 Å². The molecule has 0 bridgehead atoms. The monoisotopic (exact) mass is 259 g/mol. The quantitative estimate of drug-likeness (QED) is 0.822. The molecule has 0 aliphatic carbocycles. The molecule has 1 aromatic carbocycles. The van der Waals surface area contributed by atoms with Crippen molar-refractivity contribution in [3.05, 3.63) is 29.3 Å². The first-order valence-electron chi connectivity index (χ1n) is 5.44. The van der Waals surface area contributed by atoms with Gasteiger partial charge >= 0.3 is 12.1 Å². The van der Waals surface area contributed by atoms with Crippen molar-refractivity contribution in [3.8, 4) is 5.75 Å². The highest BCUT2D eigenvalue weighted by molar-refractivity contribution is 5.89. The highest BCUT2D eigenvalue weighted by atomic mass is 19.3. The van der Waals surface area contributed by atoms with Gasteiger partial charge < -0.3 is 15.2 Å². The molecular formula is C12H15F2NO3. The molecule has 0 aliphatic heterocycles. The van der Waals surface area contributed by atoms with Crippen LogP contribution in [0, 0.1) is 6.92 Å². The van der Waals surface area contributed by atoms with Crippen LogP contribution in [0.1, 0.15) is 22.8 Å². The molecule has 0 aromatic heterocycles. The minimum absolute atomic E-state index is 0.0153. The Bertz CT molecular complexity index is 435. The van der Waals surface area contributed by atoms with Crippen LogP contribution in [0.5, 0.6) is 5.75 Å². The van der Waals surface area contributed by atoms with Crippen LogP contribution in [0.25, 0.3) is 0 Å². The molecule has 2 N–H and O–H groups in total. The smallest absolute Gasteiger partial charge is 0.410 e. The fraction of sp³-hybridized carbons (Fsp3) is 0.417. The van der Waals surface area contributed by atoms with Crippen molar-refractivity contribution in [1.82, 2.24) is 0 Å². The molecule has 1 aromatic rings. The van der Waals surface area contributed by atoms with Gasteiger partial charge in [0, 0.05) is 0 Å². The maximum atomic E-state index is 13.0. The molecule has 0 fully saturated rings. The van der Waals surface area contributed by atoms with Crippen LogP contribution in [0.3, 0.4) is 0 Å². The lowest BCUT2D eigenvalue weighted by molar-refractivity contribution is -0.166. The largest absolute Gasteiger partial charge is 0.462 e. The zero-order valence-electron chi connectivity index (χ0n) is 10.2. The maximum absolute atomic E-state index is 13.0. The van der Waals surface area contributed by atoms with Gasteiger partial charge in [-0.15, -0.1) is 0 Å². The Kier molecular flexibility index (Phi) is 4.61. The van der Waals surface area contributed by atoms with Crippen LogP contribution in [0.4, 0.5) is 8.78 Å². The lowest BCUT2D eigenvalue weighted by Gasteiger charge is -2.17. The molecule has 0 unspecified atom stereocenters. The third-order valence-corrected chi connectivity index (χ3v) is 2.18. The van der Waals surface area contributed by atoms with E-state index in [1.165, 1.54) is 18.2 Å². The number of benzene rings is 1. The van der Waals surface area contributed by atoms with E-state index in [0.29, 0.717) is 5.56 Å². The number of carbonyl (C=O) groups excluding carboxylic acids is 1. The number of alkyl halides is 2. The van der Waals surface area contributed by atoms with E-state index >= 15 is 0 Å². The number of esters is 1. The highest BCUT2D eigenvalue weighted by Crippen LogP contribution is 2.25. The molecule has 4 nitrogen and oxygen atoms in total. The minimum Gasteiger partial charge on any atom is -0.462 e. The number of rotatable bonds is 5. The molecule has 0 spiro atoms. The molecule has 0 saturated heterocycles. The van der Waals surface area contributed by atoms with Crippen LogP contribution in [-0.4, -0.2) is 25.2 Å². The van der Waals surface area contributed by atoms with Crippen molar-refractivity contribution in [3.63, 3.8) is 0 Å². The summed E-state index contributed by atoms with van der Waals surface area (Å²) in [6.07, 6.45) is -3.42. The summed E-state index contributed by atoms with van der Waals surface area (Å²) in [6, 6.07) is 4.10. The van der Waals surface area contributed by atoms with Gasteiger partial charge in [-0.25, -0.2) is 4.79 Å². The summed E-state index contributed by atoms with van der Waals surface area (Å²) in [5.74, 6) is -0.517. The Morgan fingerprint density at radius 3 is 2.61 bits per heavy atom. The molecule has 0 aliphatic rings. The molecular weight excluding hydrogens is 244 g/mol. The van der Waals surface area contributed by atoms with Crippen molar-refractivity contribution in [2.75, 3.05) is 13.2 Å². The second-order valence-corrected chi connectivity index (χ2v) is 3.64. The lowest BCUT2D eigenvalue weighted by atomic mass is 10.1. The van der Waals surface area contributed by atoms with E-state index in [1.54, 1.807) is 13.8 Å². The summed E-state index contributed by atoms with van der Waals surface area (Å²) < 4.78 is 35.2. The van der Waals surface area contributed by atoms with Gasteiger partial charge in [0.1, 0.15) is 5.75 Å². The second-order valence-electron chi connectivity index (χ2n) is 3.64. The summed E-state index contributed by atoms with van der Waals surface area (Å²) in [6.45, 7) is 2.59. The number of ether oxygens (including phenoxy) is 2. The Balaban J connectivity index is 2.89. The Morgan fingerprint density at radius 1 is 1.44 bits per heavy atom. The first-order chi connectivity index (χ1) is 8.39. The molecule has 0 heterocycles. The second kappa shape index (κ2) is 5.77. The number of carbonyl (C=O) groups is 1. The van der Waals surface area contributed by atoms with Gasteiger partial charge in [-0.3, -0.25) is 0 Å². The minimum atomic E-state index is -3.42. The van der Waals surface area contributed by atoms with E-state index < -0.39 is 18.6 Å². The summed E-state index contributed by atoms with van der Waals surface area (Å²) in [4.78, 5) is 11.4. The van der Waals surface area contributed by atoms with Gasteiger partial charge in [-0.2, -0.15) is 8.78 Å². The number of hydrogen-bond donors (Lipinski definition) is 1. The van der Waals surface area contributed by atoms with Crippen LogP contribution in [0.2, 0.25) is 0 Å². The number of nitrogens with two attached hydrogens (primary N) is 1. The van der Waals surface area contributed by atoms with Crippen molar-refractivity contribution in [2.45, 2.75) is 20.0 Å². The number of aryl methyl sites for hydroxylation is 1. The molecule has 100 valence electrons. The van der Waals surface area contributed by atoms with E-state index in [2.05, 4.69) is 4.74 Å². The van der Waals surface area contributed by atoms with Gasteiger partial charge in [0.2, 0.25) is 0 Å². The zero-order valence-corrected chi connectivity index (χ0v) is 10.2. The topological polar surface area (TPSA) is 61.5 Å². The fourth-order valence-electron chi connectivity index (χ4n) is 1.31. The Morgan fingerprint density at radius 2 is 2.11 bits per heavy atom. The van der Waals surface area contributed by atoms with E-state index in [4.69, 9.17) is 10.5 Å². The lowest BCUT2D eigenvalue weighted by Crippen LogP contribution is -2.34. The Labute approximate surface area is 104 Å². The molecule has 18 heavy (non-hydrogen) atoms. The van der Waals surface area contributed by atoms with E-state index in [1.807, 2.05) is 0 Å². The SMILES string of the molecule is CCOC(=O)c1ccc(OC(F)(F)CN)c(C)c1. The fourth-order valence-corrected chi connectivity index (χ4v) is 1.31. The molecule has 1 rings (SSSR count). The number of hydrogen-bond acceptors (Lipinski definition) is 4. The van der Waals surface area contributed by atoms with Crippen molar-refractivity contribution < 1.29 is 23.0 Å². The van der Waals surface area contributed by atoms with Gasteiger partial charge in [0.15, 0.2) is 0 Å². The van der Waals surface area contributed by atoms with Gasteiger partial charge in [-0.05, 0) is 37.6 Å². The van der Waals surface area contributed by atoms with E-state index in [9.17, 15) is 13.6 Å². The predicted octanol–water partition coefficient (Wildman–Crippen LogP) is 2.10.